The fourth-order valence-electron chi connectivity index (χ4n) is 3.09. The molecule has 0 unspecified atom stereocenters. The van der Waals surface area contributed by atoms with E-state index in [-0.39, 0.29) is 35.5 Å². The Bertz CT molecular complexity index is 853. The molecular weight excluding hydrogens is 403 g/mol. The van der Waals surface area contributed by atoms with E-state index >= 15 is 0 Å². The van der Waals surface area contributed by atoms with Crippen LogP contribution in [0.4, 0.5) is 5.69 Å². The van der Waals surface area contributed by atoms with E-state index in [2.05, 4.69) is 24.3 Å². The standard InChI is InChI=1S/C24H30N2O4.Na/c1-26(2)15-4-3-5-16-28-20-12-9-19(10-13-20)11-14-23(27)25-21-7-6-8-22-24(21)30-18-17-29-22;/h6-14H,3-5,15-18H2,1-2H3,(H,25,27);/q;+1/b14-11+;. The van der Waals surface area contributed by atoms with Gasteiger partial charge in [0.15, 0.2) is 11.5 Å². The minimum Gasteiger partial charge on any atom is -0.494 e. The number of ether oxygens (including phenoxy) is 3. The molecule has 1 N–H and O–H groups in total. The zero-order chi connectivity index (χ0) is 21.2. The first-order valence-electron chi connectivity index (χ1n) is 10.4. The molecule has 0 bridgehead atoms. The summed E-state index contributed by atoms with van der Waals surface area (Å²) < 4.78 is 16.9. The van der Waals surface area contributed by atoms with Crippen molar-refractivity contribution in [1.29, 1.82) is 0 Å². The van der Waals surface area contributed by atoms with E-state index in [1.807, 2.05) is 36.4 Å². The maximum atomic E-state index is 12.3. The monoisotopic (exact) mass is 433 g/mol. The first kappa shape index (κ1) is 25.3. The number of anilines is 1. The number of nitrogens with zero attached hydrogens (tertiary/aromatic N) is 1. The van der Waals surface area contributed by atoms with E-state index in [0.29, 0.717) is 30.4 Å². The molecule has 0 aliphatic carbocycles. The maximum Gasteiger partial charge on any atom is 1.00 e. The molecule has 2 aromatic carbocycles. The van der Waals surface area contributed by atoms with Gasteiger partial charge in [0, 0.05) is 6.08 Å². The number of para-hydroxylation sites is 1. The molecule has 3 rings (SSSR count). The summed E-state index contributed by atoms with van der Waals surface area (Å²) in [5.74, 6) is 1.85. The second-order valence-electron chi connectivity index (χ2n) is 7.43. The van der Waals surface area contributed by atoms with Gasteiger partial charge in [0.05, 0.1) is 12.3 Å². The van der Waals surface area contributed by atoms with Gasteiger partial charge in [-0.15, -0.1) is 0 Å². The molecule has 160 valence electrons. The molecule has 0 radical (unpaired) electrons. The summed E-state index contributed by atoms with van der Waals surface area (Å²) in [6.45, 7) is 2.82. The number of fused-ring (bicyclic) bond motifs is 1. The van der Waals surface area contributed by atoms with Gasteiger partial charge < -0.3 is 24.4 Å². The van der Waals surface area contributed by atoms with Crippen molar-refractivity contribution in [3.05, 3.63) is 54.1 Å². The summed E-state index contributed by atoms with van der Waals surface area (Å²) in [7, 11) is 4.18. The number of rotatable bonds is 10. The van der Waals surface area contributed by atoms with Crippen molar-refractivity contribution in [2.24, 2.45) is 0 Å². The summed E-state index contributed by atoms with van der Waals surface area (Å²) in [5, 5.41) is 2.84. The minimum atomic E-state index is -0.226. The molecular formula is C24H30N2NaO4+. The Morgan fingerprint density at radius 2 is 1.84 bits per heavy atom. The Balaban J connectivity index is 0.00000341. The number of hydrogen-bond acceptors (Lipinski definition) is 5. The molecule has 0 aromatic heterocycles. The van der Waals surface area contributed by atoms with Crippen LogP contribution in [0.1, 0.15) is 24.8 Å². The van der Waals surface area contributed by atoms with Gasteiger partial charge in [-0.2, -0.15) is 0 Å². The second-order valence-corrected chi connectivity index (χ2v) is 7.43. The van der Waals surface area contributed by atoms with Crippen LogP contribution >= 0.6 is 0 Å². The van der Waals surface area contributed by atoms with E-state index in [1.54, 1.807) is 12.1 Å². The topological polar surface area (TPSA) is 60.0 Å². The van der Waals surface area contributed by atoms with Gasteiger partial charge in [-0.1, -0.05) is 18.2 Å². The Labute approximate surface area is 206 Å². The minimum absolute atomic E-state index is 0. The molecule has 1 amide bonds. The van der Waals surface area contributed by atoms with Crippen LogP contribution in [0.2, 0.25) is 0 Å². The molecule has 0 atom stereocenters. The van der Waals surface area contributed by atoms with E-state index in [1.165, 1.54) is 12.5 Å². The predicted octanol–water partition coefficient (Wildman–Crippen LogP) is 1.22. The number of unbranched alkanes of at least 4 members (excludes halogenated alkanes) is 2. The Hall–Kier alpha value is -1.99. The number of benzene rings is 2. The van der Waals surface area contributed by atoms with Crippen molar-refractivity contribution in [2.45, 2.75) is 19.3 Å². The van der Waals surface area contributed by atoms with Crippen molar-refractivity contribution in [3.8, 4) is 17.2 Å². The van der Waals surface area contributed by atoms with Crippen LogP contribution in [0.25, 0.3) is 6.08 Å². The van der Waals surface area contributed by atoms with Crippen molar-refractivity contribution in [1.82, 2.24) is 4.90 Å². The Morgan fingerprint density at radius 1 is 1.06 bits per heavy atom. The van der Waals surface area contributed by atoms with Crippen LogP contribution in [-0.4, -0.2) is 51.3 Å². The van der Waals surface area contributed by atoms with Crippen molar-refractivity contribution >= 4 is 17.7 Å². The molecule has 2 aromatic rings. The zero-order valence-electron chi connectivity index (χ0n) is 18.7. The summed E-state index contributed by atoms with van der Waals surface area (Å²) in [4.78, 5) is 14.5. The van der Waals surface area contributed by atoms with Gasteiger partial charge in [0.1, 0.15) is 19.0 Å². The maximum absolute atomic E-state index is 12.3. The third kappa shape index (κ3) is 8.57. The van der Waals surface area contributed by atoms with Crippen LogP contribution in [-0.2, 0) is 4.79 Å². The average molecular weight is 434 g/mol. The van der Waals surface area contributed by atoms with Gasteiger partial charge in [-0.05, 0) is 75.8 Å². The summed E-state index contributed by atoms with van der Waals surface area (Å²) >= 11 is 0. The zero-order valence-corrected chi connectivity index (χ0v) is 20.7. The molecule has 7 heteroatoms. The number of hydrogen-bond donors (Lipinski definition) is 1. The first-order valence-corrected chi connectivity index (χ1v) is 10.4. The predicted molar refractivity (Wildman–Crippen MR) is 119 cm³/mol. The van der Waals surface area contributed by atoms with Crippen LogP contribution in [0.15, 0.2) is 48.5 Å². The van der Waals surface area contributed by atoms with E-state index in [9.17, 15) is 4.79 Å². The van der Waals surface area contributed by atoms with Gasteiger partial charge >= 0.3 is 29.6 Å². The molecule has 0 spiro atoms. The van der Waals surface area contributed by atoms with Crippen molar-refractivity contribution in [3.63, 3.8) is 0 Å². The Kier molecular flexibility index (Phi) is 10.9. The number of carbonyl (C=O) groups excluding carboxylic acids is 1. The Morgan fingerprint density at radius 3 is 2.61 bits per heavy atom. The van der Waals surface area contributed by atoms with Crippen molar-refractivity contribution < 1.29 is 48.6 Å². The smallest absolute Gasteiger partial charge is 0.494 e. The fraction of sp³-hybridized carbons (Fsp3) is 0.375. The van der Waals surface area contributed by atoms with E-state index < -0.39 is 0 Å². The third-order valence-electron chi connectivity index (χ3n) is 4.65. The summed E-state index contributed by atoms with van der Waals surface area (Å²) in [6, 6.07) is 13.2. The normalized spacial score (nSPS) is 12.5. The quantitative estimate of drug-likeness (QED) is 0.347. The van der Waals surface area contributed by atoms with Gasteiger partial charge in [-0.3, -0.25) is 4.79 Å². The molecule has 1 aliphatic heterocycles. The molecule has 0 saturated heterocycles. The third-order valence-corrected chi connectivity index (χ3v) is 4.65. The largest absolute Gasteiger partial charge is 1.00 e. The van der Waals surface area contributed by atoms with Crippen LogP contribution in [0, 0.1) is 0 Å². The molecule has 0 fully saturated rings. The first-order chi connectivity index (χ1) is 14.6. The van der Waals surface area contributed by atoms with Crippen LogP contribution < -0.4 is 49.1 Å². The van der Waals surface area contributed by atoms with Gasteiger partial charge in [0.2, 0.25) is 5.91 Å². The SMILES string of the molecule is CN(C)CCCCCOc1ccc(/C=C/C(=O)Nc2cccc3c2OCCO3)cc1.[Na+]. The van der Waals surface area contributed by atoms with Crippen LogP contribution in [0.3, 0.4) is 0 Å². The van der Waals surface area contributed by atoms with Gasteiger partial charge in [-0.25, -0.2) is 0 Å². The second kappa shape index (κ2) is 13.4. The molecule has 1 aliphatic rings. The van der Waals surface area contributed by atoms with E-state index in [0.717, 1.165) is 37.3 Å². The fourth-order valence-corrected chi connectivity index (χ4v) is 3.09. The number of amides is 1. The average Bonchev–Trinajstić information content (AvgIpc) is 2.75. The molecule has 6 nitrogen and oxygen atoms in total. The molecule has 1 heterocycles. The molecule has 31 heavy (non-hydrogen) atoms. The number of nitrogens with one attached hydrogen (secondary N) is 1. The summed E-state index contributed by atoms with van der Waals surface area (Å²) in [5.41, 5.74) is 1.54. The molecule has 0 saturated carbocycles. The van der Waals surface area contributed by atoms with Gasteiger partial charge in [0.25, 0.3) is 0 Å². The van der Waals surface area contributed by atoms with Crippen LogP contribution in [0.5, 0.6) is 17.2 Å². The number of carbonyl (C=O) groups is 1. The summed E-state index contributed by atoms with van der Waals surface area (Å²) in [6.07, 6.45) is 6.67. The van der Waals surface area contributed by atoms with E-state index in [4.69, 9.17) is 14.2 Å². The van der Waals surface area contributed by atoms with Crippen molar-refractivity contribution in [2.75, 3.05) is 45.8 Å².